The van der Waals surface area contributed by atoms with Crippen molar-refractivity contribution in [3.8, 4) is 0 Å². The summed E-state index contributed by atoms with van der Waals surface area (Å²) in [7, 11) is 0. The lowest BCUT2D eigenvalue weighted by molar-refractivity contribution is 0.0924. The SMILES string of the molecule is Cc1ccoc1C(=O)NCCCC1CCCC1. The van der Waals surface area contributed by atoms with Crippen LogP contribution in [0.4, 0.5) is 0 Å². The lowest BCUT2D eigenvalue weighted by Crippen LogP contribution is -2.24. The van der Waals surface area contributed by atoms with Crippen molar-refractivity contribution in [3.05, 3.63) is 23.7 Å². The summed E-state index contributed by atoms with van der Waals surface area (Å²) in [6, 6.07) is 1.81. The molecule has 1 amide bonds. The summed E-state index contributed by atoms with van der Waals surface area (Å²) >= 11 is 0. The van der Waals surface area contributed by atoms with E-state index in [1.807, 2.05) is 13.0 Å². The zero-order valence-corrected chi connectivity index (χ0v) is 10.5. The number of aryl methyl sites for hydroxylation is 1. The van der Waals surface area contributed by atoms with Gasteiger partial charge in [-0.15, -0.1) is 0 Å². The molecule has 1 aliphatic carbocycles. The summed E-state index contributed by atoms with van der Waals surface area (Å²) in [5, 5.41) is 2.92. The van der Waals surface area contributed by atoms with Crippen LogP contribution in [0.15, 0.2) is 16.7 Å². The highest BCUT2D eigenvalue weighted by Crippen LogP contribution is 2.28. The average Bonchev–Trinajstić information content (AvgIpc) is 2.95. The Morgan fingerprint density at radius 3 is 2.88 bits per heavy atom. The zero-order valence-electron chi connectivity index (χ0n) is 10.5. The molecule has 0 aromatic carbocycles. The molecule has 1 aromatic heterocycles. The van der Waals surface area contributed by atoms with E-state index in [0.717, 1.165) is 24.4 Å². The molecule has 0 unspecified atom stereocenters. The number of amides is 1. The van der Waals surface area contributed by atoms with E-state index in [1.165, 1.54) is 32.1 Å². The van der Waals surface area contributed by atoms with Gasteiger partial charge in [0.25, 0.3) is 5.91 Å². The van der Waals surface area contributed by atoms with Gasteiger partial charge >= 0.3 is 0 Å². The van der Waals surface area contributed by atoms with Crippen LogP contribution in [-0.2, 0) is 0 Å². The molecule has 0 saturated heterocycles. The number of furan rings is 1. The summed E-state index contributed by atoms with van der Waals surface area (Å²) in [6.45, 7) is 2.65. The Labute approximate surface area is 103 Å². The largest absolute Gasteiger partial charge is 0.459 e. The number of nitrogens with one attached hydrogen (secondary N) is 1. The van der Waals surface area contributed by atoms with Crippen molar-refractivity contribution in [3.63, 3.8) is 0 Å². The second-order valence-corrected chi connectivity index (χ2v) is 4.98. The van der Waals surface area contributed by atoms with Crippen LogP contribution in [0.3, 0.4) is 0 Å². The van der Waals surface area contributed by atoms with Crippen LogP contribution in [0.2, 0.25) is 0 Å². The molecular formula is C14H21NO2. The van der Waals surface area contributed by atoms with Crippen molar-refractivity contribution < 1.29 is 9.21 Å². The Kier molecular flexibility index (Phi) is 4.24. The minimum absolute atomic E-state index is 0.0843. The van der Waals surface area contributed by atoms with Crippen molar-refractivity contribution >= 4 is 5.91 Å². The molecule has 0 atom stereocenters. The highest BCUT2D eigenvalue weighted by atomic mass is 16.3. The third kappa shape index (κ3) is 3.35. The zero-order chi connectivity index (χ0) is 12.1. The molecule has 0 radical (unpaired) electrons. The van der Waals surface area contributed by atoms with Gasteiger partial charge in [-0.1, -0.05) is 25.7 Å². The minimum Gasteiger partial charge on any atom is -0.459 e. The first-order valence-electron chi connectivity index (χ1n) is 6.59. The van der Waals surface area contributed by atoms with Crippen molar-refractivity contribution in [1.29, 1.82) is 0 Å². The highest BCUT2D eigenvalue weighted by molar-refractivity contribution is 5.92. The second kappa shape index (κ2) is 5.89. The van der Waals surface area contributed by atoms with Crippen LogP contribution in [0, 0.1) is 12.8 Å². The first-order chi connectivity index (χ1) is 8.27. The quantitative estimate of drug-likeness (QED) is 0.796. The maximum Gasteiger partial charge on any atom is 0.287 e. The van der Waals surface area contributed by atoms with Crippen LogP contribution < -0.4 is 5.32 Å². The molecule has 2 rings (SSSR count). The topological polar surface area (TPSA) is 42.2 Å². The molecule has 0 spiro atoms. The fraction of sp³-hybridized carbons (Fsp3) is 0.643. The van der Waals surface area contributed by atoms with Gasteiger partial charge in [-0.05, 0) is 31.7 Å². The van der Waals surface area contributed by atoms with Crippen LogP contribution >= 0.6 is 0 Å². The Bertz CT molecular complexity index is 364. The number of carbonyl (C=O) groups excluding carboxylic acids is 1. The third-order valence-corrected chi connectivity index (χ3v) is 3.62. The molecular weight excluding hydrogens is 214 g/mol. The molecule has 0 aliphatic heterocycles. The monoisotopic (exact) mass is 235 g/mol. The van der Waals surface area contributed by atoms with Crippen molar-refractivity contribution in [1.82, 2.24) is 5.32 Å². The van der Waals surface area contributed by atoms with Crippen LogP contribution in [0.1, 0.15) is 54.6 Å². The van der Waals surface area contributed by atoms with Gasteiger partial charge in [0.1, 0.15) is 0 Å². The van der Waals surface area contributed by atoms with Gasteiger partial charge in [-0.2, -0.15) is 0 Å². The number of rotatable bonds is 5. The molecule has 1 N–H and O–H groups in total. The van der Waals surface area contributed by atoms with Crippen LogP contribution in [-0.4, -0.2) is 12.5 Å². The van der Waals surface area contributed by atoms with E-state index >= 15 is 0 Å². The molecule has 1 aromatic rings. The fourth-order valence-electron chi connectivity index (χ4n) is 2.58. The normalized spacial score (nSPS) is 16.3. The maximum atomic E-state index is 11.7. The standard InChI is InChI=1S/C14H21NO2/c1-11-8-10-17-13(11)14(16)15-9-4-7-12-5-2-3-6-12/h8,10,12H,2-7,9H2,1H3,(H,15,16). The molecule has 1 aliphatic rings. The summed E-state index contributed by atoms with van der Waals surface area (Å²) in [5.41, 5.74) is 0.901. The predicted octanol–water partition coefficient (Wildman–Crippen LogP) is 3.29. The first kappa shape index (κ1) is 12.2. The third-order valence-electron chi connectivity index (χ3n) is 3.62. The summed E-state index contributed by atoms with van der Waals surface area (Å²) in [4.78, 5) is 11.7. The van der Waals surface area contributed by atoms with Crippen molar-refractivity contribution in [2.75, 3.05) is 6.54 Å². The second-order valence-electron chi connectivity index (χ2n) is 4.98. The average molecular weight is 235 g/mol. The van der Waals surface area contributed by atoms with Gasteiger partial charge in [0.15, 0.2) is 5.76 Å². The molecule has 17 heavy (non-hydrogen) atoms. The van der Waals surface area contributed by atoms with Gasteiger partial charge in [0.2, 0.25) is 0 Å². The van der Waals surface area contributed by atoms with E-state index in [0.29, 0.717) is 5.76 Å². The molecule has 3 nitrogen and oxygen atoms in total. The molecule has 1 heterocycles. The molecule has 1 saturated carbocycles. The van der Waals surface area contributed by atoms with E-state index in [1.54, 1.807) is 6.26 Å². The molecule has 3 heteroatoms. The Hall–Kier alpha value is -1.25. The Morgan fingerprint density at radius 2 is 2.24 bits per heavy atom. The Morgan fingerprint density at radius 1 is 1.47 bits per heavy atom. The van der Waals surface area contributed by atoms with E-state index < -0.39 is 0 Å². The van der Waals surface area contributed by atoms with E-state index in [4.69, 9.17) is 4.42 Å². The first-order valence-corrected chi connectivity index (χ1v) is 6.59. The Balaban J connectivity index is 1.65. The fourth-order valence-corrected chi connectivity index (χ4v) is 2.58. The molecule has 1 fully saturated rings. The highest BCUT2D eigenvalue weighted by Gasteiger charge is 2.15. The summed E-state index contributed by atoms with van der Waals surface area (Å²) in [5.74, 6) is 1.27. The molecule has 94 valence electrons. The van der Waals surface area contributed by atoms with Gasteiger partial charge in [-0.3, -0.25) is 4.79 Å². The van der Waals surface area contributed by atoms with Crippen molar-refractivity contribution in [2.45, 2.75) is 45.4 Å². The van der Waals surface area contributed by atoms with Gasteiger partial charge < -0.3 is 9.73 Å². The smallest absolute Gasteiger partial charge is 0.287 e. The minimum atomic E-state index is -0.0843. The van der Waals surface area contributed by atoms with E-state index in [2.05, 4.69) is 5.32 Å². The van der Waals surface area contributed by atoms with Crippen molar-refractivity contribution in [2.24, 2.45) is 5.92 Å². The maximum absolute atomic E-state index is 11.7. The lowest BCUT2D eigenvalue weighted by atomic mass is 10.0. The number of hydrogen-bond donors (Lipinski definition) is 1. The predicted molar refractivity (Wildman–Crippen MR) is 67.0 cm³/mol. The van der Waals surface area contributed by atoms with Crippen LogP contribution in [0.25, 0.3) is 0 Å². The number of hydrogen-bond acceptors (Lipinski definition) is 2. The van der Waals surface area contributed by atoms with Gasteiger partial charge in [-0.25, -0.2) is 0 Å². The van der Waals surface area contributed by atoms with Crippen LogP contribution in [0.5, 0.6) is 0 Å². The molecule has 0 bridgehead atoms. The number of carbonyl (C=O) groups is 1. The van der Waals surface area contributed by atoms with E-state index in [-0.39, 0.29) is 5.91 Å². The summed E-state index contributed by atoms with van der Waals surface area (Å²) < 4.78 is 5.14. The van der Waals surface area contributed by atoms with Gasteiger partial charge in [0, 0.05) is 12.1 Å². The van der Waals surface area contributed by atoms with Gasteiger partial charge in [0.05, 0.1) is 6.26 Å². The lowest BCUT2D eigenvalue weighted by Gasteiger charge is -2.08. The summed E-state index contributed by atoms with van der Waals surface area (Å²) in [6.07, 6.45) is 9.43. The van der Waals surface area contributed by atoms with E-state index in [9.17, 15) is 4.79 Å².